The molecule has 0 unspecified atom stereocenters. The van der Waals surface area contributed by atoms with Crippen LogP contribution in [0.15, 0.2) is 12.1 Å². The topological polar surface area (TPSA) is 26.3 Å². The highest BCUT2D eigenvalue weighted by molar-refractivity contribution is 5.92. The number of esters is 1. The van der Waals surface area contributed by atoms with E-state index in [4.69, 9.17) is 4.74 Å². The van der Waals surface area contributed by atoms with Gasteiger partial charge in [-0.2, -0.15) is 0 Å². The van der Waals surface area contributed by atoms with Gasteiger partial charge in [0.25, 0.3) is 0 Å². The van der Waals surface area contributed by atoms with Gasteiger partial charge in [0, 0.05) is 0 Å². The van der Waals surface area contributed by atoms with E-state index in [0.717, 1.165) is 29.5 Å². The molecule has 0 radical (unpaired) electrons. The number of carbonyl (C=O) groups is 1. The predicted octanol–water partition coefficient (Wildman–Crippen LogP) is 5.13. The average molecular weight is 276 g/mol. The molecule has 2 heteroatoms. The van der Waals surface area contributed by atoms with E-state index in [-0.39, 0.29) is 12.1 Å². The highest BCUT2D eigenvalue weighted by Gasteiger charge is 2.16. The van der Waals surface area contributed by atoms with Gasteiger partial charge in [0.1, 0.15) is 0 Å². The molecule has 1 aromatic rings. The number of ether oxygens (including phenoxy) is 1. The van der Waals surface area contributed by atoms with Crippen molar-refractivity contribution < 1.29 is 9.53 Å². The Kier molecular flexibility index (Phi) is 6.77. The summed E-state index contributed by atoms with van der Waals surface area (Å²) in [5.74, 6) is -0.178. The van der Waals surface area contributed by atoms with Gasteiger partial charge in [-0.15, -0.1) is 0 Å². The maximum absolute atomic E-state index is 12.3. The number of hydrogen-bond donors (Lipinski definition) is 0. The fourth-order valence-corrected chi connectivity index (χ4v) is 2.66. The lowest BCUT2D eigenvalue weighted by Gasteiger charge is -2.16. The zero-order chi connectivity index (χ0) is 15.1. The molecule has 0 heterocycles. The van der Waals surface area contributed by atoms with Crippen LogP contribution in [0.25, 0.3) is 0 Å². The van der Waals surface area contributed by atoms with Crippen molar-refractivity contribution in [3.05, 3.63) is 34.4 Å². The van der Waals surface area contributed by atoms with Crippen molar-refractivity contribution in [3.63, 3.8) is 0 Å². The van der Waals surface area contributed by atoms with E-state index in [1.807, 2.05) is 39.8 Å². The Morgan fingerprint density at radius 1 is 1.10 bits per heavy atom. The zero-order valence-corrected chi connectivity index (χ0v) is 13.6. The number of aryl methyl sites for hydroxylation is 3. The molecule has 0 aromatic heterocycles. The van der Waals surface area contributed by atoms with Crippen LogP contribution in [0.2, 0.25) is 0 Å². The normalized spacial score (nSPS) is 12.2. The first kappa shape index (κ1) is 16.7. The standard InChI is InChI=1S/C18H28O2/c1-6-7-8-9-10-16(5)20-18(19)17-14(3)11-13(2)12-15(17)4/h11-12,16H,6-10H2,1-5H3/t16-/m0/s1. The molecule has 0 spiro atoms. The van der Waals surface area contributed by atoms with Crippen molar-refractivity contribution in [2.75, 3.05) is 0 Å². The number of rotatable bonds is 7. The van der Waals surface area contributed by atoms with Crippen LogP contribution in [0.5, 0.6) is 0 Å². The molecule has 0 N–H and O–H groups in total. The van der Waals surface area contributed by atoms with E-state index >= 15 is 0 Å². The average Bonchev–Trinajstić information content (AvgIpc) is 2.33. The van der Waals surface area contributed by atoms with Gasteiger partial charge < -0.3 is 4.74 Å². The van der Waals surface area contributed by atoms with Crippen molar-refractivity contribution >= 4 is 5.97 Å². The van der Waals surface area contributed by atoms with Crippen LogP contribution in [0.1, 0.15) is 73.0 Å². The molecule has 0 bridgehead atoms. The maximum atomic E-state index is 12.3. The molecule has 0 saturated heterocycles. The molecule has 20 heavy (non-hydrogen) atoms. The van der Waals surface area contributed by atoms with E-state index < -0.39 is 0 Å². The number of hydrogen-bond acceptors (Lipinski definition) is 2. The molecular weight excluding hydrogens is 248 g/mol. The summed E-state index contributed by atoms with van der Waals surface area (Å²) in [5, 5.41) is 0. The van der Waals surface area contributed by atoms with E-state index in [1.54, 1.807) is 0 Å². The van der Waals surface area contributed by atoms with Gasteiger partial charge in [-0.05, 0) is 51.7 Å². The fourth-order valence-electron chi connectivity index (χ4n) is 2.66. The van der Waals surface area contributed by atoms with Crippen LogP contribution in [0.3, 0.4) is 0 Å². The Morgan fingerprint density at radius 3 is 2.25 bits per heavy atom. The lowest BCUT2D eigenvalue weighted by atomic mass is 10.00. The van der Waals surface area contributed by atoms with Crippen LogP contribution in [0.4, 0.5) is 0 Å². The zero-order valence-electron chi connectivity index (χ0n) is 13.6. The molecule has 0 aliphatic rings. The van der Waals surface area contributed by atoms with Crippen molar-refractivity contribution in [2.45, 2.75) is 72.8 Å². The van der Waals surface area contributed by atoms with Crippen molar-refractivity contribution in [3.8, 4) is 0 Å². The molecule has 0 saturated carbocycles. The lowest BCUT2D eigenvalue weighted by Crippen LogP contribution is -2.17. The summed E-state index contributed by atoms with van der Waals surface area (Å²) in [6, 6.07) is 4.07. The summed E-state index contributed by atoms with van der Waals surface area (Å²) in [6.07, 6.45) is 5.80. The second-order valence-electron chi connectivity index (χ2n) is 5.84. The van der Waals surface area contributed by atoms with Gasteiger partial charge in [-0.3, -0.25) is 0 Å². The highest BCUT2D eigenvalue weighted by atomic mass is 16.5. The van der Waals surface area contributed by atoms with Crippen LogP contribution >= 0.6 is 0 Å². The SMILES string of the molecule is CCCCCC[C@H](C)OC(=O)c1c(C)cc(C)cc1C. The Morgan fingerprint density at radius 2 is 1.70 bits per heavy atom. The predicted molar refractivity (Wildman–Crippen MR) is 84.3 cm³/mol. The summed E-state index contributed by atoms with van der Waals surface area (Å²) < 4.78 is 5.58. The smallest absolute Gasteiger partial charge is 0.338 e. The number of unbranched alkanes of at least 4 members (excludes halogenated alkanes) is 3. The Bertz CT molecular complexity index is 426. The molecule has 1 atom stereocenters. The van der Waals surface area contributed by atoms with Gasteiger partial charge in [0.2, 0.25) is 0 Å². The Hall–Kier alpha value is -1.31. The third-order valence-corrected chi connectivity index (χ3v) is 3.65. The summed E-state index contributed by atoms with van der Waals surface area (Å²) in [7, 11) is 0. The van der Waals surface area contributed by atoms with Crippen LogP contribution in [-0.4, -0.2) is 12.1 Å². The van der Waals surface area contributed by atoms with E-state index in [1.165, 1.54) is 24.8 Å². The van der Waals surface area contributed by atoms with Crippen molar-refractivity contribution in [1.29, 1.82) is 0 Å². The first-order valence-corrected chi connectivity index (χ1v) is 7.74. The minimum atomic E-state index is -0.178. The second-order valence-corrected chi connectivity index (χ2v) is 5.84. The molecule has 0 aliphatic heterocycles. The van der Waals surface area contributed by atoms with E-state index in [0.29, 0.717) is 0 Å². The second kappa shape index (κ2) is 8.08. The number of carbonyl (C=O) groups excluding carboxylic acids is 1. The third-order valence-electron chi connectivity index (χ3n) is 3.65. The summed E-state index contributed by atoms with van der Waals surface area (Å²) in [4.78, 5) is 12.3. The first-order valence-electron chi connectivity index (χ1n) is 7.74. The molecule has 0 aliphatic carbocycles. The summed E-state index contributed by atoms with van der Waals surface area (Å²) in [6.45, 7) is 10.2. The molecule has 112 valence electrons. The quantitative estimate of drug-likeness (QED) is 0.510. The Balaban J connectivity index is 2.58. The number of benzene rings is 1. The third kappa shape index (κ3) is 4.99. The molecule has 1 aromatic carbocycles. The van der Waals surface area contributed by atoms with Gasteiger partial charge in [-0.25, -0.2) is 4.79 Å². The monoisotopic (exact) mass is 276 g/mol. The lowest BCUT2D eigenvalue weighted by molar-refractivity contribution is 0.0317. The first-order chi connectivity index (χ1) is 9.45. The molecule has 0 amide bonds. The molecule has 2 nitrogen and oxygen atoms in total. The minimum Gasteiger partial charge on any atom is -0.459 e. The van der Waals surface area contributed by atoms with Gasteiger partial charge in [0.05, 0.1) is 11.7 Å². The minimum absolute atomic E-state index is 0.000501. The molecule has 0 fully saturated rings. The van der Waals surface area contributed by atoms with Crippen LogP contribution in [-0.2, 0) is 4.74 Å². The summed E-state index contributed by atoms with van der Waals surface area (Å²) in [5.41, 5.74) is 3.93. The van der Waals surface area contributed by atoms with Crippen molar-refractivity contribution in [1.82, 2.24) is 0 Å². The van der Waals surface area contributed by atoms with Crippen LogP contribution in [0, 0.1) is 20.8 Å². The van der Waals surface area contributed by atoms with E-state index in [2.05, 4.69) is 6.92 Å². The molecule has 1 rings (SSSR count). The summed E-state index contributed by atoms with van der Waals surface area (Å²) >= 11 is 0. The van der Waals surface area contributed by atoms with E-state index in [9.17, 15) is 4.79 Å². The van der Waals surface area contributed by atoms with Crippen LogP contribution < -0.4 is 0 Å². The molecular formula is C18H28O2. The van der Waals surface area contributed by atoms with Gasteiger partial charge in [0.15, 0.2) is 0 Å². The largest absolute Gasteiger partial charge is 0.459 e. The van der Waals surface area contributed by atoms with Gasteiger partial charge in [-0.1, -0.05) is 43.9 Å². The fraction of sp³-hybridized carbons (Fsp3) is 0.611. The van der Waals surface area contributed by atoms with Gasteiger partial charge >= 0.3 is 5.97 Å². The van der Waals surface area contributed by atoms with Crippen molar-refractivity contribution in [2.24, 2.45) is 0 Å². The Labute approximate surface area is 123 Å². The highest BCUT2D eigenvalue weighted by Crippen LogP contribution is 2.19. The maximum Gasteiger partial charge on any atom is 0.338 e.